The van der Waals surface area contributed by atoms with Gasteiger partial charge < -0.3 is 9.84 Å². The minimum absolute atomic E-state index is 0.129. The summed E-state index contributed by atoms with van der Waals surface area (Å²) in [6.45, 7) is 1.82. The van der Waals surface area contributed by atoms with Crippen LogP contribution in [0.25, 0.3) is 6.08 Å². The first-order valence-electron chi connectivity index (χ1n) is 7.18. The SMILES string of the molecule is Cc1cc2c(c(C[SH]3C=CC=C3)c1)OC(C(F)(F)F)C(C(=O)O)=C2. The molecule has 7 heteroatoms. The molecule has 2 aliphatic heterocycles. The third-order valence-electron chi connectivity index (χ3n) is 3.73. The predicted molar refractivity (Wildman–Crippen MR) is 88.2 cm³/mol. The third kappa shape index (κ3) is 3.21. The molecule has 2 aliphatic rings. The lowest BCUT2D eigenvalue weighted by molar-refractivity contribution is -0.187. The Morgan fingerprint density at radius 1 is 1.29 bits per heavy atom. The van der Waals surface area contributed by atoms with Crippen molar-refractivity contribution in [2.75, 3.05) is 0 Å². The van der Waals surface area contributed by atoms with Crippen LogP contribution in [-0.2, 0) is 10.5 Å². The molecule has 0 bridgehead atoms. The van der Waals surface area contributed by atoms with Crippen LogP contribution in [0.5, 0.6) is 5.75 Å². The molecule has 0 spiro atoms. The smallest absolute Gasteiger partial charge is 0.430 e. The number of rotatable bonds is 3. The number of alkyl halides is 3. The highest BCUT2D eigenvalue weighted by atomic mass is 32.2. The highest BCUT2D eigenvalue weighted by Crippen LogP contribution is 2.44. The fraction of sp³-hybridized carbons (Fsp3) is 0.235. The Bertz CT molecular complexity index is 766. The molecule has 0 saturated heterocycles. The van der Waals surface area contributed by atoms with Crippen molar-refractivity contribution >= 4 is 22.9 Å². The number of carboxylic acid groups (broad SMARTS) is 1. The highest BCUT2D eigenvalue weighted by molar-refractivity contribution is 8.21. The van der Waals surface area contributed by atoms with Crippen LogP contribution in [0.1, 0.15) is 16.7 Å². The molecule has 1 aromatic carbocycles. The highest BCUT2D eigenvalue weighted by Gasteiger charge is 2.48. The molecule has 1 unspecified atom stereocenters. The van der Waals surface area contributed by atoms with E-state index in [-0.39, 0.29) is 5.75 Å². The van der Waals surface area contributed by atoms with Gasteiger partial charge in [-0.25, -0.2) is 15.7 Å². The molecule has 0 saturated carbocycles. The number of aryl methyl sites for hydroxylation is 1. The molecule has 0 aromatic heterocycles. The number of aliphatic carboxylic acids is 1. The van der Waals surface area contributed by atoms with E-state index in [1.54, 1.807) is 12.1 Å². The van der Waals surface area contributed by atoms with Crippen LogP contribution in [0.15, 0.2) is 40.7 Å². The number of ether oxygens (including phenoxy) is 1. The largest absolute Gasteiger partial charge is 0.478 e. The number of carboxylic acids is 1. The number of benzene rings is 1. The maximum absolute atomic E-state index is 13.2. The maximum Gasteiger partial charge on any atom is 0.430 e. The van der Waals surface area contributed by atoms with E-state index >= 15 is 0 Å². The zero-order valence-electron chi connectivity index (χ0n) is 12.7. The van der Waals surface area contributed by atoms with Gasteiger partial charge in [-0.3, -0.25) is 0 Å². The minimum Gasteiger partial charge on any atom is -0.478 e. The van der Waals surface area contributed by atoms with Crippen LogP contribution < -0.4 is 4.74 Å². The molecule has 2 heterocycles. The first-order chi connectivity index (χ1) is 11.3. The summed E-state index contributed by atoms with van der Waals surface area (Å²) in [6, 6.07) is 3.44. The second kappa shape index (κ2) is 6.05. The molecule has 1 atom stereocenters. The molecule has 24 heavy (non-hydrogen) atoms. The van der Waals surface area contributed by atoms with E-state index in [1.165, 1.54) is 0 Å². The Hall–Kier alpha value is -2.15. The molecular weight excluding hydrogens is 341 g/mol. The van der Waals surface area contributed by atoms with Crippen LogP contribution in [0, 0.1) is 6.92 Å². The normalized spacial score (nSPS) is 20.6. The summed E-state index contributed by atoms with van der Waals surface area (Å²) >= 11 is 0. The number of hydrogen-bond donors (Lipinski definition) is 2. The number of carbonyl (C=O) groups is 1. The number of thiol groups is 1. The van der Waals surface area contributed by atoms with Crippen LogP contribution in [-0.4, -0.2) is 23.4 Å². The van der Waals surface area contributed by atoms with Crippen molar-refractivity contribution in [1.29, 1.82) is 0 Å². The Morgan fingerprint density at radius 3 is 2.54 bits per heavy atom. The first kappa shape index (κ1) is 16.7. The summed E-state index contributed by atoms with van der Waals surface area (Å²) in [6.07, 6.45) is -2.34. The summed E-state index contributed by atoms with van der Waals surface area (Å²) in [5.74, 6) is -0.936. The Labute approximate surface area is 139 Å². The van der Waals surface area contributed by atoms with Gasteiger partial charge in [-0.15, -0.1) is 0 Å². The van der Waals surface area contributed by atoms with Gasteiger partial charge in [0.15, 0.2) is 0 Å². The van der Waals surface area contributed by atoms with E-state index in [1.807, 2.05) is 29.9 Å². The van der Waals surface area contributed by atoms with Crippen LogP contribution >= 0.6 is 10.9 Å². The number of allylic oxidation sites excluding steroid dienone is 2. The lowest BCUT2D eigenvalue weighted by Gasteiger charge is -2.29. The lowest BCUT2D eigenvalue weighted by Crippen LogP contribution is -2.40. The monoisotopic (exact) mass is 356 g/mol. The zero-order chi connectivity index (χ0) is 17.5. The van der Waals surface area contributed by atoms with E-state index in [0.29, 0.717) is 16.9 Å². The average molecular weight is 356 g/mol. The van der Waals surface area contributed by atoms with Gasteiger partial charge >= 0.3 is 12.1 Å². The van der Waals surface area contributed by atoms with Crippen molar-refractivity contribution in [3.63, 3.8) is 0 Å². The van der Waals surface area contributed by atoms with Crippen molar-refractivity contribution in [2.24, 2.45) is 0 Å². The van der Waals surface area contributed by atoms with E-state index in [9.17, 15) is 18.0 Å². The molecule has 0 radical (unpaired) electrons. The number of halogens is 3. The molecule has 3 nitrogen and oxygen atoms in total. The fourth-order valence-corrected chi connectivity index (χ4v) is 4.34. The minimum atomic E-state index is -4.79. The van der Waals surface area contributed by atoms with E-state index in [0.717, 1.165) is 11.6 Å². The van der Waals surface area contributed by atoms with Crippen molar-refractivity contribution in [2.45, 2.75) is 25.0 Å². The summed E-state index contributed by atoms with van der Waals surface area (Å²) in [4.78, 5) is 11.2. The quantitative estimate of drug-likeness (QED) is 0.793. The molecule has 0 amide bonds. The van der Waals surface area contributed by atoms with Gasteiger partial charge in [-0.2, -0.15) is 13.2 Å². The topological polar surface area (TPSA) is 46.5 Å². The second-order valence-electron chi connectivity index (χ2n) is 5.64. The van der Waals surface area contributed by atoms with Crippen LogP contribution in [0.3, 0.4) is 0 Å². The Morgan fingerprint density at radius 2 is 1.96 bits per heavy atom. The Kier molecular flexibility index (Phi) is 4.21. The van der Waals surface area contributed by atoms with E-state index in [4.69, 9.17) is 9.84 Å². The molecule has 1 N–H and O–H groups in total. The average Bonchev–Trinajstić information content (AvgIpc) is 2.97. The van der Waals surface area contributed by atoms with E-state index in [2.05, 4.69) is 0 Å². The van der Waals surface area contributed by atoms with Crippen molar-refractivity contribution in [3.05, 3.63) is 57.4 Å². The van der Waals surface area contributed by atoms with Gasteiger partial charge in [0.1, 0.15) is 5.75 Å². The Balaban J connectivity index is 2.07. The third-order valence-corrected chi connectivity index (χ3v) is 5.55. The summed E-state index contributed by atoms with van der Waals surface area (Å²) < 4.78 is 44.8. The summed E-state index contributed by atoms with van der Waals surface area (Å²) in [5, 5.41) is 13.1. The molecule has 128 valence electrons. The van der Waals surface area contributed by atoms with Crippen LogP contribution in [0.4, 0.5) is 13.2 Å². The molecule has 0 aliphatic carbocycles. The van der Waals surface area contributed by atoms with Gasteiger partial charge in [-0.1, -0.05) is 18.2 Å². The summed E-state index contributed by atoms with van der Waals surface area (Å²) in [5.41, 5.74) is 1.10. The van der Waals surface area contributed by atoms with Crippen LogP contribution in [0.2, 0.25) is 0 Å². The molecule has 3 rings (SSSR count). The van der Waals surface area contributed by atoms with Gasteiger partial charge in [0, 0.05) is 16.9 Å². The van der Waals surface area contributed by atoms with Crippen molar-refractivity contribution in [1.82, 2.24) is 0 Å². The predicted octanol–water partition coefficient (Wildman–Crippen LogP) is 4.33. The second-order valence-corrected chi connectivity index (χ2v) is 7.58. The maximum atomic E-state index is 13.2. The number of fused-ring (bicyclic) bond motifs is 1. The fourth-order valence-electron chi connectivity index (χ4n) is 2.76. The standard InChI is InChI=1S/C17H15F3O3S/c1-10-6-11-8-13(16(21)22)15(17(18,19)20)23-14(11)12(7-10)9-24-4-2-3-5-24/h2-8,15,24H,9H2,1H3,(H,21,22). The molecule has 1 aromatic rings. The van der Waals surface area contributed by atoms with Gasteiger partial charge in [0.25, 0.3) is 0 Å². The van der Waals surface area contributed by atoms with Gasteiger partial charge in [-0.05, 0) is 35.4 Å². The first-order valence-corrected chi connectivity index (χ1v) is 8.85. The van der Waals surface area contributed by atoms with Gasteiger partial charge in [0.05, 0.1) is 5.57 Å². The van der Waals surface area contributed by atoms with Gasteiger partial charge in [0.2, 0.25) is 6.10 Å². The van der Waals surface area contributed by atoms with E-state index < -0.39 is 34.7 Å². The van der Waals surface area contributed by atoms with Crippen molar-refractivity contribution in [3.8, 4) is 5.75 Å². The molecular formula is C17H15F3O3S. The summed E-state index contributed by atoms with van der Waals surface area (Å²) in [7, 11) is -0.574. The molecule has 0 fully saturated rings. The number of hydrogen-bond acceptors (Lipinski definition) is 2. The zero-order valence-corrected chi connectivity index (χ0v) is 13.6. The van der Waals surface area contributed by atoms with Crippen molar-refractivity contribution < 1.29 is 27.8 Å². The lowest BCUT2D eigenvalue weighted by atomic mass is 9.97.